The lowest BCUT2D eigenvalue weighted by molar-refractivity contribution is 1.05. The second kappa shape index (κ2) is 2.19. The van der Waals surface area contributed by atoms with Gasteiger partial charge in [-0.15, -0.1) is 0 Å². The van der Waals surface area contributed by atoms with E-state index in [4.69, 9.17) is 6.57 Å². The first-order valence-electron chi connectivity index (χ1n) is 2.43. The highest BCUT2D eigenvalue weighted by atomic mass is 16.2. The molecule has 0 atom stereocenters. The first kappa shape index (κ1) is 6.29. The van der Waals surface area contributed by atoms with Gasteiger partial charge in [-0.2, -0.15) is 0 Å². The van der Waals surface area contributed by atoms with Gasteiger partial charge in [0.2, 0.25) is 11.4 Å². The molecule has 0 saturated heterocycles. The van der Waals surface area contributed by atoms with Crippen LogP contribution in [-0.2, 0) is 0 Å². The van der Waals surface area contributed by atoms with E-state index < -0.39 is 11.2 Å². The van der Waals surface area contributed by atoms with Crippen molar-refractivity contribution >= 4 is 5.82 Å². The van der Waals surface area contributed by atoms with Crippen molar-refractivity contribution in [2.24, 2.45) is 0 Å². The van der Waals surface area contributed by atoms with Crippen LogP contribution in [0.5, 0.6) is 0 Å². The molecule has 0 bridgehead atoms. The fourth-order valence-electron chi connectivity index (χ4n) is 0.516. The number of aromatic nitrogens is 2. The second-order valence-corrected chi connectivity index (χ2v) is 1.58. The molecule has 0 aliphatic rings. The smallest absolute Gasteiger partial charge is 0.364 e. The first-order chi connectivity index (χ1) is 4.72. The molecule has 0 amide bonds. The van der Waals surface area contributed by atoms with Gasteiger partial charge in [0, 0.05) is 6.07 Å². The van der Waals surface area contributed by atoms with Gasteiger partial charge in [-0.25, -0.2) is 4.79 Å². The number of nitrogens with one attached hydrogen (secondary N) is 2. The first-order valence-corrected chi connectivity index (χ1v) is 2.43. The zero-order chi connectivity index (χ0) is 7.56. The molecule has 1 rings (SSSR count). The normalized spacial score (nSPS) is 8.70. The van der Waals surface area contributed by atoms with E-state index in [-0.39, 0.29) is 5.82 Å². The molecule has 0 unspecified atom stereocenters. The molecular weight excluding hydrogens is 134 g/mol. The molecule has 1 aromatic rings. The summed E-state index contributed by atoms with van der Waals surface area (Å²) in [6.45, 7) is 6.44. The third-order valence-electron chi connectivity index (χ3n) is 0.867. The largest absolute Gasteiger partial charge is 0.398 e. The van der Waals surface area contributed by atoms with Gasteiger partial charge in [0.05, 0.1) is 0 Å². The molecule has 0 radical (unpaired) electrons. The average molecular weight is 137 g/mol. The minimum Gasteiger partial charge on any atom is -0.364 e. The van der Waals surface area contributed by atoms with Gasteiger partial charge in [0.1, 0.15) is 0 Å². The fourth-order valence-corrected chi connectivity index (χ4v) is 0.516. The Morgan fingerprint density at radius 3 is 2.60 bits per heavy atom. The molecule has 0 saturated carbocycles. The quantitative estimate of drug-likeness (QED) is 0.478. The lowest BCUT2D eigenvalue weighted by atomic mass is 10.6. The lowest BCUT2D eigenvalue weighted by Gasteiger charge is -1.83. The van der Waals surface area contributed by atoms with Crippen molar-refractivity contribution in [3.05, 3.63) is 38.3 Å². The van der Waals surface area contributed by atoms with Crippen LogP contribution in [0.1, 0.15) is 0 Å². The van der Waals surface area contributed by atoms with Gasteiger partial charge in [-0.05, 0) is 0 Å². The van der Waals surface area contributed by atoms with Gasteiger partial charge >= 0.3 is 5.69 Å². The maximum absolute atomic E-state index is 10.5. The van der Waals surface area contributed by atoms with E-state index in [2.05, 4.69) is 9.83 Å². The van der Waals surface area contributed by atoms with E-state index in [9.17, 15) is 9.59 Å². The average Bonchev–Trinajstić information content (AvgIpc) is 1.85. The Morgan fingerprint density at radius 2 is 2.10 bits per heavy atom. The Kier molecular flexibility index (Phi) is 1.38. The molecule has 10 heavy (non-hydrogen) atoms. The van der Waals surface area contributed by atoms with Crippen LogP contribution < -0.4 is 11.2 Å². The van der Waals surface area contributed by atoms with E-state index >= 15 is 0 Å². The minimum atomic E-state index is -0.654. The van der Waals surface area contributed by atoms with Crippen LogP contribution in [0.3, 0.4) is 0 Å². The molecule has 2 N–H and O–H groups in total. The Balaban J connectivity index is 3.51. The van der Waals surface area contributed by atoms with E-state index in [0.717, 1.165) is 6.07 Å². The van der Waals surface area contributed by atoms with Crippen molar-refractivity contribution in [1.29, 1.82) is 0 Å². The molecule has 0 aromatic carbocycles. The van der Waals surface area contributed by atoms with Gasteiger partial charge in [0.25, 0.3) is 0 Å². The molecule has 0 spiro atoms. The molecule has 0 aliphatic heterocycles. The third-order valence-corrected chi connectivity index (χ3v) is 0.867. The van der Waals surface area contributed by atoms with Crippen molar-refractivity contribution in [2.75, 3.05) is 0 Å². The van der Waals surface area contributed by atoms with Crippen molar-refractivity contribution in [3.63, 3.8) is 0 Å². The van der Waals surface area contributed by atoms with E-state index in [0.29, 0.717) is 0 Å². The van der Waals surface area contributed by atoms with Crippen LogP contribution in [0.15, 0.2) is 15.7 Å². The summed E-state index contributed by atoms with van der Waals surface area (Å²) in [5.74, 6) is -0.0475. The lowest BCUT2D eigenvalue weighted by Crippen LogP contribution is -2.19. The van der Waals surface area contributed by atoms with Gasteiger partial charge in [-0.1, -0.05) is 6.57 Å². The van der Waals surface area contributed by atoms with E-state index in [1.54, 1.807) is 0 Å². The minimum absolute atomic E-state index is 0.0475. The van der Waals surface area contributed by atoms with Crippen LogP contribution in [0.4, 0.5) is 5.82 Å². The Hall–Kier alpha value is -1.83. The Labute approximate surface area is 55.2 Å². The number of rotatable bonds is 0. The standard InChI is InChI=1S/C5H3N3O2/c1-6-3-2-4(9)8-5(10)7-3/h2H,(H2,7,8,9,10). The van der Waals surface area contributed by atoms with Gasteiger partial charge in [-0.3, -0.25) is 14.8 Å². The molecule has 0 aliphatic carbocycles. The summed E-state index contributed by atoms with van der Waals surface area (Å²) in [4.78, 5) is 27.8. The molecule has 50 valence electrons. The number of nitrogens with zero attached hydrogens (tertiary/aromatic N) is 1. The summed E-state index contributed by atoms with van der Waals surface area (Å²) in [6.07, 6.45) is 0. The van der Waals surface area contributed by atoms with Crippen molar-refractivity contribution in [3.8, 4) is 0 Å². The topological polar surface area (TPSA) is 70.1 Å². The molecule has 1 aromatic heterocycles. The monoisotopic (exact) mass is 137 g/mol. The summed E-state index contributed by atoms with van der Waals surface area (Å²) >= 11 is 0. The summed E-state index contributed by atoms with van der Waals surface area (Å²) in [5, 5.41) is 0. The van der Waals surface area contributed by atoms with E-state index in [1.165, 1.54) is 0 Å². The third kappa shape index (κ3) is 1.11. The van der Waals surface area contributed by atoms with Crippen LogP contribution in [0, 0.1) is 6.57 Å². The Bertz CT molecular complexity index is 353. The van der Waals surface area contributed by atoms with Crippen molar-refractivity contribution in [2.45, 2.75) is 0 Å². The number of aromatic amines is 2. The molecule has 5 heteroatoms. The SMILES string of the molecule is [C-]#[N+]c1cc(=O)[nH]c(=O)[nH]1. The molecule has 5 nitrogen and oxygen atoms in total. The highest BCUT2D eigenvalue weighted by Crippen LogP contribution is 1.95. The predicted octanol–water partition coefficient (Wildman–Crippen LogP) is -0.386. The van der Waals surface area contributed by atoms with Gasteiger partial charge in [0.15, 0.2) is 0 Å². The van der Waals surface area contributed by atoms with Crippen molar-refractivity contribution in [1.82, 2.24) is 9.97 Å². The summed E-state index contributed by atoms with van der Waals surface area (Å²) in [6, 6.07) is 1.02. The predicted molar refractivity (Wildman–Crippen MR) is 33.9 cm³/mol. The zero-order valence-corrected chi connectivity index (χ0v) is 4.84. The summed E-state index contributed by atoms with van der Waals surface area (Å²) in [5.41, 5.74) is -1.21. The van der Waals surface area contributed by atoms with Crippen LogP contribution in [0.2, 0.25) is 0 Å². The van der Waals surface area contributed by atoms with Crippen molar-refractivity contribution < 1.29 is 0 Å². The number of hydrogen-bond donors (Lipinski definition) is 2. The number of hydrogen-bond acceptors (Lipinski definition) is 2. The van der Waals surface area contributed by atoms with Crippen LogP contribution >= 0.6 is 0 Å². The van der Waals surface area contributed by atoms with Gasteiger partial charge < -0.3 is 4.85 Å². The second-order valence-electron chi connectivity index (χ2n) is 1.58. The maximum atomic E-state index is 10.5. The highest BCUT2D eigenvalue weighted by Gasteiger charge is 1.91. The van der Waals surface area contributed by atoms with Crippen LogP contribution in [0.25, 0.3) is 4.85 Å². The molecule has 1 heterocycles. The van der Waals surface area contributed by atoms with Crippen LogP contribution in [-0.4, -0.2) is 9.97 Å². The summed E-state index contributed by atoms with van der Waals surface area (Å²) in [7, 11) is 0. The highest BCUT2D eigenvalue weighted by molar-refractivity contribution is 5.31. The maximum Gasteiger partial charge on any atom is 0.398 e. The molecule has 0 fully saturated rings. The Morgan fingerprint density at radius 1 is 1.40 bits per heavy atom. The van der Waals surface area contributed by atoms with E-state index in [1.807, 2.05) is 4.98 Å². The zero-order valence-electron chi connectivity index (χ0n) is 4.84. The molecular formula is C5H3N3O2. The fraction of sp³-hybridized carbons (Fsp3) is 0. The summed E-state index contributed by atoms with van der Waals surface area (Å²) < 4.78 is 0. The number of H-pyrrole nitrogens is 2.